The third-order valence-electron chi connectivity index (χ3n) is 3.61. The van der Waals surface area contributed by atoms with Crippen LogP contribution >= 0.6 is 0 Å². The summed E-state index contributed by atoms with van der Waals surface area (Å²) in [5, 5.41) is 3.56. The number of fused-ring (bicyclic) bond motifs is 1. The Hall–Kier alpha value is -1.02. The molecule has 2 nitrogen and oxygen atoms in total. The average molecular weight is 203 g/mol. The topological polar surface area (TPSA) is 21.3 Å². The van der Waals surface area contributed by atoms with E-state index in [1.165, 1.54) is 17.5 Å². The van der Waals surface area contributed by atoms with Gasteiger partial charge in [0.15, 0.2) is 0 Å². The van der Waals surface area contributed by atoms with Gasteiger partial charge >= 0.3 is 0 Å². The monoisotopic (exact) mass is 203 g/mol. The lowest BCUT2D eigenvalue weighted by Crippen LogP contribution is -2.16. The molecule has 15 heavy (non-hydrogen) atoms. The fourth-order valence-electron chi connectivity index (χ4n) is 2.66. The second-order valence-corrected chi connectivity index (χ2v) is 4.66. The van der Waals surface area contributed by atoms with Gasteiger partial charge in [0.2, 0.25) is 0 Å². The minimum absolute atomic E-state index is 0.527. The zero-order valence-corrected chi connectivity index (χ0v) is 9.12. The zero-order valence-electron chi connectivity index (χ0n) is 9.12. The van der Waals surface area contributed by atoms with Gasteiger partial charge in [0.25, 0.3) is 0 Å². The van der Waals surface area contributed by atoms with E-state index in [2.05, 4.69) is 30.4 Å². The van der Waals surface area contributed by atoms with E-state index in [0.29, 0.717) is 6.04 Å². The van der Waals surface area contributed by atoms with Crippen LogP contribution in [0.1, 0.15) is 30.5 Å². The van der Waals surface area contributed by atoms with E-state index in [0.717, 1.165) is 31.2 Å². The molecule has 80 valence electrons. The largest absolute Gasteiger partial charge is 0.493 e. The van der Waals surface area contributed by atoms with Gasteiger partial charge in [0.1, 0.15) is 5.75 Å². The highest BCUT2D eigenvalue weighted by molar-refractivity contribution is 5.41. The molecule has 2 heterocycles. The highest BCUT2D eigenvalue weighted by Gasteiger charge is 2.25. The van der Waals surface area contributed by atoms with Crippen LogP contribution in [0.15, 0.2) is 18.2 Å². The molecule has 0 saturated carbocycles. The summed E-state index contributed by atoms with van der Waals surface area (Å²) in [6.07, 6.45) is 2.35. The van der Waals surface area contributed by atoms with E-state index in [-0.39, 0.29) is 0 Å². The molecule has 0 amide bonds. The van der Waals surface area contributed by atoms with Crippen LogP contribution in [0.5, 0.6) is 5.75 Å². The summed E-state index contributed by atoms with van der Waals surface area (Å²) in [6.45, 7) is 4.31. The summed E-state index contributed by atoms with van der Waals surface area (Å²) < 4.78 is 5.61. The molecule has 2 heteroatoms. The highest BCUT2D eigenvalue weighted by atomic mass is 16.5. The molecule has 0 aromatic heterocycles. The van der Waals surface area contributed by atoms with Crippen molar-refractivity contribution >= 4 is 0 Å². The van der Waals surface area contributed by atoms with Gasteiger partial charge in [-0.15, -0.1) is 0 Å². The van der Waals surface area contributed by atoms with E-state index in [1.54, 1.807) is 0 Å². The molecule has 1 fully saturated rings. The van der Waals surface area contributed by atoms with Crippen LogP contribution in [0.25, 0.3) is 0 Å². The van der Waals surface area contributed by atoms with Crippen LogP contribution in [0.3, 0.4) is 0 Å². The smallest absolute Gasteiger partial charge is 0.122 e. The van der Waals surface area contributed by atoms with Gasteiger partial charge in [-0.2, -0.15) is 0 Å². The molecule has 2 aliphatic rings. The molecule has 2 aliphatic heterocycles. The van der Waals surface area contributed by atoms with E-state index in [9.17, 15) is 0 Å². The number of hydrogen-bond acceptors (Lipinski definition) is 2. The summed E-state index contributed by atoms with van der Waals surface area (Å²) >= 11 is 0. The Morgan fingerprint density at radius 3 is 3.13 bits per heavy atom. The first-order valence-electron chi connectivity index (χ1n) is 5.83. The number of benzene rings is 1. The molecule has 3 rings (SSSR count). The number of ether oxygens (including phenoxy) is 1. The lowest BCUT2D eigenvalue weighted by molar-refractivity contribution is 0.356. The van der Waals surface area contributed by atoms with Crippen molar-refractivity contribution in [1.29, 1.82) is 0 Å². The van der Waals surface area contributed by atoms with E-state index in [4.69, 9.17) is 4.74 Å². The summed E-state index contributed by atoms with van der Waals surface area (Å²) in [4.78, 5) is 0. The maximum atomic E-state index is 5.61. The van der Waals surface area contributed by atoms with Crippen molar-refractivity contribution in [1.82, 2.24) is 5.32 Å². The third-order valence-corrected chi connectivity index (χ3v) is 3.61. The molecule has 1 saturated heterocycles. The molecular formula is C13H17NO. The van der Waals surface area contributed by atoms with E-state index >= 15 is 0 Å². The average Bonchev–Trinajstić information content (AvgIpc) is 2.84. The van der Waals surface area contributed by atoms with Gasteiger partial charge in [0, 0.05) is 12.5 Å². The highest BCUT2D eigenvalue weighted by Crippen LogP contribution is 2.34. The Morgan fingerprint density at radius 2 is 2.33 bits per heavy atom. The Morgan fingerprint density at radius 1 is 1.40 bits per heavy atom. The fraction of sp³-hybridized carbons (Fsp3) is 0.538. The molecule has 0 bridgehead atoms. The van der Waals surface area contributed by atoms with Gasteiger partial charge in [-0.3, -0.25) is 0 Å². The minimum Gasteiger partial charge on any atom is -0.493 e. The van der Waals surface area contributed by atoms with Crippen molar-refractivity contribution in [3.8, 4) is 5.75 Å². The quantitative estimate of drug-likeness (QED) is 0.756. The normalized spacial score (nSPS) is 28.9. The third kappa shape index (κ3) is 1.53. The maximum absolute atomic E-state index is 5.61. The molecule has 0 unspecified atom stereocenters. The second kappa shape index (κ2) is 3.53. The first-order chi connectivity index (χ1) is 7.34. The van der Waals surface area contributed by atoms with Gasteiger partial charge in [0.05, 0.1) is 6.61 Å². The molecule has 1 N–H and O–H groups in total. The summed E-state index contributed by atoms with van der Waals surface area (Å²) in [6, 6.07) is 7.23. The number of hydrogen-bond donors (Lipinski definition) is 1. The molecule has 2 atom stereocenters. The SMILES string of the molecule is C[C@H]1CCN[C@@H]1c1ccc2c(c1)OCC2. The lowest BCUT2D eigenvalue weighted by Gasteiger charge is -2.16. The summed E-state index contributed by atoms with van der Waals surface area (Å²) in [5.74, 6) is 1.85. The van der Waals surface area contributed by atoms with Crippen molar-refractivity contribution < 1.29 is 4.74 Å². The zero-order chi connectivity index (χ0) is 10.3. The Kier molecular flexibility index (Phi) is 2.17. The van der Waals surface area contributed by atoms with Crippen molar-refractivity contribution in [2.45, 2.75) is 25.8 Å². The fourth-order valence-corrected chi connectivity index (χ4v) is 2.66. The van der Waals surface area contributed by atoms with Crippen LogP contribution in [0.4, 0.5) is 0 Å². The Balaban J connectivity index is 1.92. The molecule has 0 aliphatic carbocycles. The van der Waals surface area contributed by atoms with Crippen molar-refractivity contribution in [2.75, 3.05) is 13.2 Å². The lowest BCUT2D eigenvalue weighted by atomic mass is 9.95. The minimum atomic E-state index is 0.527. The van der Waals surface area contributed by atoms with Crippen molar-refractivity contribution in [3.63, 3.8) is 0 Å². The van der Waals surface area contributed by atoms with Crippen LogP contribution < -0.4 is 10.1 Å². The van der Waals surface area contributed by atoms with Crippen LogP contribution in [0.2, 0.25) is 0 Å². The van der Waals surface area contributed by atoms with Crippen LogP contribution in [0, 0.1) is 5.92 Å². The molecular weight excluding hydrogens is 186 g/mol. The number of rotatable bonds is 1. The van der Waals surface area contributed by atoms with Gasteiger partial charge in [-0.1, -0.05) is 19.1 Å². The first-order valence-corrected chi connectivity index (χ1v) is 5.83. The van der Waals surface area contributed by atoms with Gasteiger partial charge in [-0.25, -0.2) is 0 Å². The predicted molar refractivity (Wildman–Crippen MR) is 60.2 cm³/mol. The number of nitrogens with one attached hydrogen (secondary N) is 1. The van der Waals surface area contributed by atoms with Crippen molar-refractivity contribution in [3.05, 3.63) is 29.3 Å². The standard InChI is InChI=1S/C13H17NO/c1-9-4-6-14-13(9)11-3-2-10-5-7-15-12(10)8-11/h2-3,8-9,13-14H,4-7H2,1H3/t9-,13-/m0/s1. The van der Waals surface area contributed by atoms with Crippen LogP contribution in [-0.2, 0) is 6.42 Å². The van der Waals surface area contributed by atoms with Gasteiger partial charge in [-0.05, 0) is 36.1 Å². The predicted octanol–water partition coefficient (Wildman–Crippen LogP) is 2.29. The van der Waals surface area contributed by atoms with E-state index in [1.807, 2.05) is 0 Å². The molecule has 0 radical (unpaired) electrons. The molecule has 0 spiro atoms. The van der Waals surface area contributed by atoms with Crippen molar-refractivity contribution in [2.24, 2.45) is 5.92 Å². The van der Waals surface area contributed by atoms with E-state index < -0.39 is 0 Å². The maximum Gasteiger partial charge on any atom is 0.122 e. The molecule has 1 aromatic carbocycles. The second-order valence-electron chi connectivity index (χ2n) is 4.66. The van der Waals surface area contributed by atoms with Gasteiger partial charge < -0.3 is 10.1 Å². The summed E-state index contributed by atoms with van der Waals surface area (Å²) in [7, 11) is 0. The summed E-state index contributed by atoms with van der Waals surface area (Å²) in [5.41, 5.74) is 2.75. The van der Waals surface area contributed by atoms with Crippen LogP contribution in [-0.4, -0.2) is 13.2 Å². The first kappa shape index (κ1) is 9.22. The Bertz CT molecular complexity index is 375. The Labute approximate surface area is 90.6 Å². The molecule has 1 aromatic rings.